The van der Waals surface area contributed by atoms with Crippen molar-refractivity contribution in [2.75, 3.05) is 31.5 Å². The Balaban J connectivity index is 1.74. The first-order chi connectivity index (χ1) is 12.1. The average molecular weight is 359 g/mol. The maximum absolute atomic E-state index is 12.7. The molecule has 6 nitrogen and oxygen atoms in total. The minimum absolute atomic E-state index is 0.0567. The van der Waals surface area contributed by atoms with E-state index in [4.69, 9.17) is 11.6 Å². The number of hydrogen-bond acceptors (Lipinski definition) is 4. The van der Waals surface area contributed by atoms with Crippen LogP contribution in [0.1, 0.15) is 15.9 Å². The van der Waals surface area contributed by atoms with Crippen LogP contribution in [0.2, 0.25) is 5.02 Å². The van der Waals surface area contributed by atoms with Gasteiger partial charge in [0.15, 0.2) is 0 Å². The van der Waals surface area contributed by atoms with Gasteiger partial charge in [0.2, 0.25) is 6.41 Å². The number of hydrogen-bond donors (Lipinski definition) is 1. The van der Waals surface area contributed by atoms with Gasteiger partial charge in [0, 0.05) is 48.6 Å². The number of pyridine rings is 1. The van der Waals surface area contributed by atoms with Crippen molar-refractivity contribution in [3.8, 4) is 0 Å². The minimum atomic E-state index is -0.0567. The fraction of sp³-hybridized carbons (Fsp3) is 0.278. The van der Waals surface area contributed by atoms with Gasteiger partial charge >= 0.3 is 0 Å². The van der Waals surface area contributed by atoms with Gasteiger partial charge in [-0.2, -0.15) is 0 Å². The molecule has 1 N–H and O–H groups in total. The molecule has 0 atom stereocenters. The van der Waals surface area contributed by atoms with Gasteiger partial charge in [-0.1, -0.05) is 17.7 Å². The van der Waals surface area contributed by atoms with Crippen molar-refractivity contribution in [2.24, 2.45) is 0 Å². The number of nitrogens with one attached hydrogen (secondary N) is 1. The lowest BCUT2D eigenvalue weighted by molar-refractivity contribution is -0.119. The number of amides is 2. The van der Waals surface area contributed by atoms with E-state index >= 15 is 0 Å². The second kappa shape index (κ2) is 7.53. The fourth-order valence-electron chi connectivity index (χ4n) is 2.73. The largest absolute Gasteiger partial charge is 0.342 e. The number of benzene rings is 1. The zero-order chi connectivity index (χ0) is 17.8. The van der Waals surface area contributed by atoms with Crippen molar-refractivity contribution in [1.29, 1.82) is 0 Å². The van der Waals surface area contributed by atoms with Crippen molar-refractivity contribution in [1.82, 2.24) is 14.8 Å². The molecular formula is C18H19ClN4O2. The first-order valence-electron chi connectivity index (χ1n) is 8.05. The van der Waals surface area contributed by atoms with E-state index in [1.807, 2.05) is 25.1 Å². The van der Waals surface area contributed by atoms with Crippen LogP contribution in [-0.4, -0.2) is 53.3 Å². The number of carbonyl (C=O) groups excluding carboxylic acids is 2. The SMILES string of the molecule is Cc1c(Cl)cccc1Nc1cc(C(=O)N2CCN(C=O)CC2)ccn1. The van der Waals surface area contributed by atoms with E-state index in [1.165, 1.54) is 0 Å². The topological polar surface area (TPSA) is 65.5 Å². The molecule has 0 spiro atoms. The summed E-state index contributed by atoms with van der Waals surface area (Å²) in [5.74, 6) is 0.529. The Morgan fingerprint density at radius 2 is 2.00 bits per heavy atom. The van der Waals surface area contributed by atoms with Gasteiger partial charge in [-0.25, -0.2) is 4.98 Å². The standard InChI is InChI=1S/C18H19ClN4O2/c1-13-15(19)3-2-4-16(13)21-17-11-14(5-6-20-17)18(25)23-9-7-22(12-24)8-10-23/h2-6,11-12H,7-10H2,1H3,(H,20,21). The minimum Gasteiger partial charge on any atom is -0.342 e. The van der Waals surface area contributed by atoms with E-state index in [2.05, 4.69) is 10.3 Å². The summed E-state index contributed by atoms with van der Waals surface area (Å²) >= 11 is 6.14. The zero-order valence-electron chi connectivity index (χ0n) is 13.9. The number of nitrogens with zero attached hydrogens (tertiary/aromatic N) is 3. The summed E-state index contributed by atoms with van der Waals surface area (Å²) in [6, 6.07) is 9.03. The normalized spacial score (nSPS) is 14.3. The van der Waals surface area contributed by atoms with Gasteiger partial charge in [0.1, 0.15) is 5.82 Å². The Morgan fingerprint density at radius 1 is 1.24 bits per heavy atom. The number of anilines is 2. The fourth-order valence-corrected chi connectivity index (χ4v) is 2.90. The van der Waals surface area contributed by atoms with Crippen LogP contribution in [0.3, 0.4) is 0 Å². The monoisotopic (exact) mass is 358 g/mol. The Bertz CT molecular complexity index is 788. The van der Waals surface area contributed by atoms with Crippen LogP contribution in [0.15, 0.2) is 36.5 Å². The molecule has 1 aromatic heterocycles. The molecule has 0 unspecified atom stereocenters. The van der Waals surface area contributed by atoms with Crippen LogP contribution in [-0.2, 0) is 4.79 Å². The molecule has 25 heavy (non-hydrogen) atoms. The predicted octanol–water partition coefficient (Wildman–Crippen LogP) is 2.70. The van der Waals surface area contributed by atoms with Crippen molar-refractivity contribution in [2.45, 2.75) is 6.92 Å². The number of carbonyl (C=O) groups is 2. The summed E-state index contributed by atoms with van der Waals surface area (Å²) in [4.78, 5) is 31.1. The summed E-state index contributed by atoms with van der Waals surface area (Å²) in [6.07, 6.45) is 2.43. The van der Waals surface area contributed by atoms with Crippen LogP contribution in [0, 0.1) is 6.92 Å². The number of aromatic nitrogens is 1. The maximum atomic E-state index is 12.7. The van der Waals surface area contributed by atoms with Gasteiger partial charge in [0.25, 0.3) is 5.91 Å². The lowest BCUT2D eigenvalue weighted by atomic mass is 10.2. The Hall–Kier alpha value is -2.60. The van der Waals surface area contributed by atoms with Crippen LogP contribution < -0.4 is 5.32 Å². The molecule has 1 saturated heterocycles. The molecule has 1 aromatic carbocycles. The van der Waals surface area contributed by atoms with Crippen LogP contribution in [0.25, 0.3) is 0 Å². The Kier molecular flexibility index (Phi) is 5.19. The molecule has 0 radical (unpaired) electrons. The molecule has 130 valence electrons. The summed E-state index contributed by atoms with van der Waals surface area (Å²) < 4.78 is 0. The molecule has 2 aromatic rings. The molecule has 7 heteroatoms. The molecule has 0 aliphatic carbocycles. The third-order valence-corrected chi connectivity index (χ3v) is 4.70. The maximum Gasteiger partial charge on any atom is 0.254 e. The predicted molar refractivity (Wildman–Crippen MR) is 97.2 cm³/mol. The molecule has 0 saturated carbocycles. The molecule has 2 amide bonds. The van der Waals surface area contributed by atoms with E-state index in [-0.39, 0.29) is 5.91 Å². The highest BCUT2D eigenvalue weighted by atomic mass is 35.5. The van der Waals surface area contributed by atoms with E-state index in [0.717, 1.165) is 17.7 Å². The second-order valence-corrected chi connectivity index (χ2v) is 6.31. The lowest BCUT2D eigenvalue weighted by Gasteiger charge is -2.32. The Morgan fingerprint density at radius 3 is 2.72 bits per heavy atom. The molecule has 2 heterocycles. The van der Waals surface area contributed by atoms with Crippen LogP contribution in [0.4, 0.5) is 11.5 Å². The first kappa shape index (κ1) is 17.2. The number of rotatable bonds is 4. The quantitative estimate of drug-likeness (QED) is 0.853. The highest BCUT2D eigenvalue weighted by Gasteiger charge is 2.21. The average Bonchev–Trinajstić information content (AvgIpc) is 2.65. The first-order valence-corrected chi connectivity index (χ1v) is 8.43. The van der Waals surface area contributed by atoms with Gasteiger partial charge in [-0.3, -0.25) is 9.59 Å². The van der Waals surface area contributed by atoms with Gasteiger partial charge < -0.3 is 15.1 Å². The second-order valence-electron chi connectivity index (χ2n) is 5.90. The van der Waals surface area contributed by atoms with Crippen molar-refractivity contribution in [3.63, 3.8) is 0 Å². The summed E-state index contributed by atoms with van der Waals surface area (Å²) in [6.45, 7) is 4.12. The summed E-state index contributed by atoms with van der Waals surface area (Å²) in [5.41, 5.74) is 2.34. The summed E-state index contributed by atoms with van der Waals surface area (Å²) in [7, 11) is 0. The van der Waals surface area contributed by atoms with Gasteiger partial charge in [-0.15, -0.1) is 0 Å². The van der Waals surface area contributed by atoms with Crippen LogP contribution >= 0.6 is 11.6 Å². The smallest absolute Gasteiger partial charge is 0.254 e. The molecule has 1 aliphatic rings. The van der Waals surface area contributed by atoms with E-state index < -0.39 is 0 Å². The number of halogens is 1. The molecule has 0 bridgehead atoms. The number of piperazine rings is 1. The third-order valence-electron chi connectivity index (χ3n) is 4.29. The van der Waals surface area contributed by atoms with E-state index in [0.29, 0.717) is 42.6 Å². The van der Waals surface area contributed by atoms with E-state index in [9.17, 15) is 9.59 Å². The molecule has 3 rings (SSSR count). The highest BCUT2D eigenvalue weighted by Crippen LogP contribution is 2.25. The molecule has 1 aliphatic heterocycles. The summed E-state index contributed by atoms with van der Waals surface area (Å²) in [5, 5.41) is 3.88. The molecular weight excluding hydrogens is 340 g/mol. The third kappa shape index (κ3) is 3.91. The molecule has 1 fully saturated rings. The zero-order valence-corrected chi connectivity index (χ0v) is 14.7. The van der Waals surface area contributed by atoms with Crippen molar-refractivity contribution < 1.29 is 9.59 Å². The lowest BCUT2D eigenvalue weighted by Crippen LogP contribution is -2.48. The van der Waals surface area contributed by atoms with Gasteiger partial charge in [0.05, 0.1) is 0 Å². The highest BCUT2D eigenvalue weighted by molar-refractivity contribution is 6.31. The van der Waals surface area contributed by atoms with E-state index in [1.54, 1.807) is 28.1 Å². The van der Waals surface area contributed by atoms with Crippen molar-refractivity contribution >= 4 is 35.4 Å². The van der Waals surface area contributed by atoms with Gasteiger partial charge in [-0.05, 0) is 36.8 Å². The van der Waals surface area contributed by atoms with Crippen molar-refractivity contribution in [3.05, 3.63) is 52.7 Å². The van der Waals surface area contributed by atoms with Crippen LogP contribution in [0.5, 0.6) is 0 Å². The Labute approximate surface area is 151 Å².